The molecule has 5 atom stereocenters. The molecule has 1 aromatic carbocycles. The average molecular weight is 783 g/mol. The molecule has 3 aliphatic heterocycles. The summed E-state index contributed by atoms with van der Waals surface area (Å²) in [6.07, 6.45) is 9.35. The van der Waals surface area contributed by atoms with Gasteiger partial charge in [0, 0.05) is 29.4 Å². The van der Waals surface area contributed by atoms with Gasteiger partial charge in [0.2, 0.25) is 21.8 Å². The molecule has 0 spiro atoms. The molecule has 7 bridgehead atoms. The summed E-state index contributed by atoms with van der Waals surface area (Å²) in [5, 5.41) is 10.1. The molecule has 5 amide bonds. The van der Waals surface area contributed by atoms with Gasteiger partial charge < -0.3 is 30.3 Å². The number of thiazole rings is 1. The van der Waals surface area contributed by atoms with E-state index < -0.39 is 74.6 Å². The number of nitrogens with zero attached hydrogens (tertiary/aromatic N) is 2. The van der Waals surface area contributed by atoms with Gasteiger partial charge in [0.1, 0.15) is 34.1 Å². The van der Waals surface area contributed by atoms with E-state index in [1.165, 1.54) is 16.2 Å². The number of ether oxygens (including phenoxy) is 2. The average Bonchev–Trinajstić information content (AvgIpc) is 4.02. The molecule has 4 N–H and O–H groups in total. The Hall–Kier alpha value is -4.51. The number of carbonyl (C=O) groups is 5. The van der Waals surface area contributed by atoms with Gasteiger partial charge in [0.05, 0.1) is 18.5 Å². The molecule has 5 aliphatic rings. The Labute approximate surface area is 318 Å². The van der Waals surface area contributed by atoms with Gasteiger partial charge in [-0.2, -0.15) is 0 Å². The lowest BCUT2D eigenvalue weighted by molar-refractivity contribution is -0.141. The summed E-state index contributed by atoms with van der Waals surface area (Å²) in [5.41, 5.74) is -0.561. The van der Waals surface area contributed by atoms with Gasteiger partial charge in [-0.25, -0.2) is 18.2 Å². The highest BCUT2D eigenvalue weighted by atomic mass is 32.2. The SMILES string of the molecule is O=C1N[C@H]2CCCCC/C=C\[C@@H]3CC3(C(=O)NS(=O)(=O)C3CC3)NC(=O)[C@@H]3C[C@H](CN3C2=O)NC(=O)c2csc(n2)-c2cccc(c2)OCCCCCO1. The molecule has 2 aromatic rings. The highest BCUT2D eigenvalue weighted by Gasteiger charge is 2.62. The fourth-order valence-electron chi connectivity index (χ4n) is 7.31. The van der Waals surface area contributed by atoms with Crippen molar-refractivity contribution < 1.29 is 41.9 Å². The Kier molecular flexibility index (Phi) is 11.2. The smallest absolute Gasteiger partial charge is 0.407 e. The van der Waals surface area contributed by atoms with Crippen LogP contribution < -0.4 is 25.4 Å². The number of allylic oxidation sites excluding steroid dienone is 1. The molecule has 1 unspecified atom stereocenters. The van der Waals surface area contributed by atoms with E-state index in [0.717, 1.165) is 31.2 Å². The molecule has 0 radical (unpaired) electrons. The number of aromatic nitrogens is 1. The van der Waals surface area contributed by atoms with Gasteiger partial charge in [0.25, 0.3) is 11.8 Å². The Bertz CT molecular complexity index is 1910. The number of benzene rings is 1. The van der Waals surface area contributed by atoms with Crippen LogP contribution in [0.2, 0.25) is 0 Å². The van der Waals surface area contributed by atoms with Crippen LogP contribution in [0.4, 0.5) is 4.79 Å². The third kappa shape index (κ3) is 8.72. The van der Waals surface area contributed by atoms with E-state index in [9.17, 15) is 32.4 Å². The van der Waals surface area contributed by atoms with Crippen molar-refractivity contribution in [3.8, 4) is 16.3 Å². The number of nitrogens with one attached hydrogen (secondary N) is 4. The second-order valence-corrected chi connectivity index (χ2v) is 17.6. The summed E-state index contributed by atoms with van der Waals surface area (Å²) in [7, 11) is -3.90. The first-order valence-corrected chi connectivity index (χ1v) is 21.2. The maximum absolute atomic E-state index is 14.4. The first-order valence-electron chi connectivity index (χ1n) is 18.8. The van der Waals surface area contributed by atoms with E-state index in [4.69, 9.17) is 9.47 Å². The van der Waals surface area contributed by atoms with Crippen LogP contribution in [0.25, 0.3) is 10.6 Å². The van der Waals surface area contributed by atoms with Crippen LogP contribution in [0.5, 0.6) is 5.75 Å². The fourth-order valence-corrected chi connectivity index (χ4v) is 9.47. The minimum absolute atomic E-state index is 0.00936. The molecule has 290 valence electrons. The lowest BCUT2D eigenvalue weighted by Gasteiger charge is -2.30. The zero-order chi connectivity index (χ0) is 37.9. The standard InChI is InChI=1S/C37H46N6O9S2/c44-31-29-22-53-33(39-29)23-10-9-12-26(18-23)51-16-7-4-8-17-52-36(48)40-28-13-6-3-1-2-5-11-24-20-37(24,35(47)42-54(49,50)27-14-15-27)41-32(45)30-19-25(38-31)21-43(30)34(28)46/h5,9-12,18,22,24-25,27-28,30H,1-4,6-8,13-17,19-21H2,(H,38,44)(H,40,48)(H,41,45)(H,42,47)/b11-5-/t24-,25-,28+,30+,37?/m1/s1. The van der Waals surface area contributed by atoms with Gasteiger partial charge in [-0.15, -0.1) is 11.3 Å². The number of alkyl carbamates (subject to hydrolysis) is 1. The van der Waals surface area contributed by atoms with Crippen molar-refractivity contribution in [1.29, 1.82) is 0 Å². The predicted octanol–water partition coefficient (Wildman–Crippen LogP) is 3.17. The first-order chi connectivity index (χ1) is 26.0. The summed E-state index contributed by atoms with van der Waals surface area (Å²) in [6.45, 7) is 0.557. The van der Waals surface area contributed by atoms with E-state index in [0.29, 0.717) is 55.9 Å². The molecule has 17 heteroatoms. The molecule has 2 saturated carbocycles. The lowest BCUT2D eigenvalue weighted by atomic mass is 10.0. The van der Waals surface area contributed by atoms with E-state index in [1.807, 2.05) is 36.4 Å². The molecule has 7 rings (SSSR count). The van der Waals surface area contributed by atoms with Crippen LogP contribution in [0.1, 0.15) is 87.5 Å². The number of fused-ring (bicyclic) bond motifs is 8. The zero-order valence-electron chi connectivity index (χ0n) is 29.9. The van der Waals surface area contributed by atoms with E-state index in [2.05, 4.69) is 25.7 Å². The summed E-state index contributed by atoms with van der Waals surface area (Å²) >= 11 is 1.30. The molecule has 4 heterocycles. The zero-order valence-corrected chi connectivity index (χ0v) is 31.6. The fraction of sp³-hybridized carbons (Fsp3) is 0.568. The van der Waals surface area contributed by atoms with Crippen molar-refractivity contribution >= 4 is 51.1 Å². The topological polar surface area (TPSA) is 202 Å². The van der Waals surface area contributed by atoms with Crippen molar-refractivity contribution in [2.75, 3.05) is 19.8 Å². The van der Waals surface area contributed by atoms with Crippen LogP contribution in [0.15, 0.2) is 41.8 Å². The predicted molar refractivity (Wildman–Crippen MR) is 198 cm³/mol. The number of hydrogen-bond donors (Lipinski definition) is 4. The van der Waals surface area contributed by atoms with Gasteiger partial charge in [-0.3, -0.25) is 23.9 Å². The minimum Gasteiger partial charge on any atom is -0.494 e. The molecule has 15 nitrogen and oxygen atoms in total. The van der Waals surface area contributed by atoms with E-state index in [-0.39, 0.29) is 31.7 Å². The largest absolute Gasteiger partial charge is 0.494 e. The van der Waals surface area contributed by atoms with Gasteiger partial charge in [0.15, 0.2) is 0 Å². The highest BCUT2D eigenvalue weighted by Crippen LogP contribution is 2.46. The Balaban J connectivity index is 1.17. The first kappa shape index (κ1) is 37.8. The summed E-state index contributed by atoms with van der Waals surface area (Å²) in [5.74, 6) is -2.25. The van der Waals surface area contributed by atoms with Crippen molar-refractivity contribution in [2.45, 2.75) is 106 Å². The number of hydrogen-bond acceptors (Lipinski definition) is 11. The molecule has 3 fully saturated rings. The monoisotopic (exact) mass is 782 g/mol. The molecule has 54 heavy (non-hydrogen) atoms. The Morgan fingerprint density at radius 1 is 0.981 bits per heavy atom. The maximum Gasteiger partial charge on any atom is 0.407 e. The Morgan fingerprint density at radius 3 is 2.59 bits per heavy atom. The van der Waals surface area contributed by atoms with Crippen LogP contribution in [-0.2, 0) is 29.1 Å². The molecular weight excluding hydrogens is 737 g/mol. The van der Waals surface area contributed by atoms with Gasteiger partial charge in [-0.1, -0.05) is 37.1 Å². The second kappa shape index (κ2) is 16.1. The molecule has 2 aliphatic carbocycles. The summed E-state index contributed by atoms with van der Waals surface area (Å²) in [6, 6.07) is 4.60. The van der Waals surface area contributed by atoms with Crippen molar-refractivity contribution in [1.82, 2.24) is 30.6 Å². The molecule has 1 aromatic heterocycles. The normalized spacial score (nSPS) is 29.2. The Morgan fingerprint density at radius 2 is 1.78 bits per heavy atom. The number of carbonyl (C=O) groups excluding carboxylic acids is 5. The van der Waals surface area contributed by atoms with Crippen LogP contribution in [-0.4, -0.2) is 96.7 Å². The van der Waals surface area contributed by atoms with Crippen LogP contribution in [0.3, 0.4) is 0 Å². The van der Waals surface area contributed by atoms with Gasteiger partial charge in [-0.05, 0) is 76.3 Å². The molecule has 1 saturated heterocycles. The number of cyclic esters (lactones) is 1. The van der Waals surface area contributed by atoms with Gasteiger partial charge >= 0.3 is 6.09 Å². The van der Waals surface area contributed by atoms with E-state index in [1.54, 1.807) is 5.38 Å². The highest BCUT2D eigenvalue weighted by molar-refractivity contribution is 7.91. The minimum atomic E-state index is -3.90. The third-order valence-corrected chi connectivity index (χ3v) is 13.3. The van der Waals surface area contributed by atoms with Crippen LogP contribution >= 0.6 is 11.3 Å². The third-order valence-electron chi connectivity index (χ3n) is 10.6. The van der Waals surface area contributed by atoms with Crippen molar-refractivity contribution in [3.05, 3.63) is 47.5 Å². The van der Waals surface area contributed by atoms with Crippen molar-refractivity contribution in [3.63, 3.8) is 0 Å². The van der Waals surface area contributed by atoms with E-state index >= 15 is 0 Å². The second-order valence-electron chi connectivity index (χ2n) is 14.7. The number of sulfonamides is 1. The lowest BCUT2D eigenvalue weighted by Crippen LogP contribution is -2.58. The number of amides is 5. The number of rotatable bonds is 3. The van der Waals surface area contributed by atoms with Crippen LogP contribution in [0, 0.1) is 5.92 Å². The summed E-state index contributed by atoms with van der Waals surface area (Å²) < 4.78 is 39.2. The van der Waals surface area contributed by atoms with Crippen molar-refractivity contribution in [2.24, 2.45) is 5.92 Å². The maximum atomic E-state index is 14.4. The quantitative estimate of drug-likeness (QED) is 0.335. The molecular formula is C37H46N6O9S2. The summed E-state index contributed by atoms with van der Waals surface area (Å²) in [4.78, 5) is 74.8.